The Balaban J connectivity index is 1.47. The van der Waals surface area contributed by atoms with Crippen molar-refractivity contribution in [2.45, 2.75) is 25.3 Å². The largest absolute Gasteiger partial charge is 0.314 e. The van der Waals surface area contributed by atoms with Crippen LogP contribution in [-0.2, 0) is 0 Å². The smallest absolute Gasteiger partial charge is 0.159 e. The second-order valence-electron chi connectivity index (χ2n) is 8.67. The Bertz CT molecular complexity index is 1200. The third-order valence-electron chi connectivity index (χ3n) is 6.63. The first kappa shape index (κ1) is 21.6. The minimum absolute atomic E-state index is 0.304. The molecule has 7 heteroatoms. The lowest BCUT2D eigenvalue weighted by Gasteiger charge is -2.25. The van der Waals surface area contributed by atoms with Crippen LogP contribution in [-0.4, -0.2) is 48.2 Å². The van der Waals surface area contributed by atoms with Gasteiger partial charge in [-0.3, -0.25) is 9.97 Å². The van der Waals surface area contributed by atoms with Gasteiger partial charge in [0.15, 0.2) is 5.84 Å². The Hall–Kier alpha value is -3.29. The number of amidine groups is 1. The van der Waals surface area contributed by atoms with Crippen LogP contribution in [0.5, 0.6) is 0 Å². The quantitative estimate of drug-likeness (QED) is 0.462. The lowest BCUT2D eigenvalue weighted by molar-refractivity contribution is 0.381. The van der Waals surface area contributed by atoms with E-state index in [4.69, 9.17) is 4.99 Å². The summed E-state index contributed by atoms with van der Waals surface area (Å²) in [7, 11) is 0. The normalized spacial score (nSPS) is 22.7. The number of hydrogen-bond acceptors (Lipinski definition) is 5. The minimum atomic E-state index is -0.304. The molecular weight excluding hydrogens is 415 g/mol. The summed E-state index contributed by atoms with van der Waals surface area (Å²) in [6, 6.07) is 8.77. The number of rotatable bonds is 5. The van der Waals surface area contributed by atoms with Crippen LogP contribution in [0.15, 0.2) is 65.1 Å². The van der Waals surface area contributed by atoms with E-state index in [0.717, 1.165) is 48.4 Å². The fraction of sp³-hybridized carbons (Fsp3) is 0.308. The molecule has 3 atom stereocenters. The molecule has 0 spiro atoms. The number of benzene rings is 1. The molecule has 2 fully saturated rings. The second kappa shape index (κ2) is 9.29. The molecule has 1 aliphatic carbocycles. The maximum atomic E-state index is 13.9. The van der Waals surface area contributed by atoms with Gasteiger partial charge in [-0.2, -0.15) is 0 Å². The summed E-state index contributed by atoms with van der Waals surface area (Å²) in [5, 5.41) is 7.12. The third kappa shape index (κ3) is 4.47. The number of nitrogens with one attached hydrogen (secondary N) is 2. The average molecular weight is 443 g/mol. The average Bonchev–Trinajstić information content (AvgIpc) is 3.65. The molecule has 168 valence electrons. The number of aliphatic imine (C=N–C) groups is 2. The topological polar surface area (TPSA) is 74.6 Å². The zero-order chi connectivity index (χ0) is 22.8. The fourth-order valence-corrected chi connectivity index (χ4v) is 4.78. The Morgan fingerprint density at radius 1 is 1.15 bits per heavy atom. The van der Waals surface area contributed by atoms with Gasteiger partial charge < -0.3 is 10.6 Å². The molecule has 6 nitrogen and oxygen atoms in total. The van der Waals surface area contributed by atoms with E-state index in [0.29, 0.717) is 29.3 Å². The highest BCUT2D eigenvalue weighted by Crippen LogP contribution is 2.51. The molecular formula is C26H27FN6. The van der Waals surface area contributed by atoms with Crippen LogP contribution in [0.2, 0.25) is 0 Å². The summed E-state index contributed by atoms with van der Waals surface area (Å²) in [5.41, 5.74) is 5.35. The Morgan fingerprint density at radius 3 is 2.85 bits per heavy atom. The van der Waals surface area contributed by atoms with Crippen LogP contribution in [0.4, 0.5) is 10.1 Å². The van der Waals surface area contributed by atoms with Gasteiger partial charge in [0.05, 0.1) is 11.9 Å². The second-order valence-corrected chi connectivity index (χ2v) is 8.67. The van der Waals surface area contributed by atoms with Gasteiger partial charge in [-0.25, -0.2) is 14.4 Å². The van der Waals surface area contributed by atoms with Crippen LogP contribution >= 0.6 is 0 Å². The zero-order valence-electron chi connectivity index (χ0n) is 18.6. The zero-order valence-corrected chi connectivity index (χ0v) is 18.6. The van der Waals surface area contributed by atoms with E-state index in [1.54, 1.807) is 24.7 Å². The lowest BCUT2D eigenvalue weighted by atomic mass is 10.0. The summed E-state index contributed by atoms with van der Waals surface area (Å²) in [6.07, 6.45) is 8.29. The molecule has 1 aliphatic heterocycles. The molecule has 3 heterocycles. The van der Waals surface area contributed by atoms with Gasteiger partial charge >= 0.3 is 0 Å². The molecule has 1 saturated heterocycles. The van der Waals surface area contributed by atoms with Crippen molar-refractivity contribution in [3.63, 3.8) is 0 Å². The van der Waals surface area contributed by atoms with Gasteiger partial charge in [0.25, 0.3) is 0 Å². The molecule has 2 aliphatic rings. The summed E-state index contributed by atoms with van der Waals surface area (Å²) < 4.78 is 13.9. The molecule has 1 saturated carbocycles. The molecule has 1 aromatic carbocycles. The van der Waals surface area contributed by atoms with Gasteiger partial charge in [0.1, 0.15) is 5.82 Å². The van der Waals surface area contributed by atoms with Crippen molar-refractivity contribution in [3.05, 3.63) is 77.6 Å². The van der Waals surface area contributed by atoms with E-state index >= 15 is 0 Å². The minimum Gasteiger partial charge on any atom is -0.314 e. The van der Waals surface area contributed by atoms with Crippen molar-refractivity contribution >= 4 is 18.2 Å². The maximum absolute atomic E-state index is 13.9. The number of aromatic nitrogens is 2. The van der Waals surface area contributed by atoms with Crippen LogP contribution in [0.3, 0.4) is 0 Å². The number of piperazine rings is 1. The SMILES string of the molecule is C=NC(=Nc1cncc(C2CC2C2CNCCN2)c1C)c1ccncc1-c1cccc(F)c1. The van der Waals surface area contributed by atoms with E-state index < -0.39 is 0 Å². The number of pyridine rings is 2. The van der Waals surface area contributed by atoms with Crippen LogP contribution in [0.25, 0.3) is 11.1 Å². The molecule has 2 aromatic heterocycles. The maximum Gasteiger partial charge on any atom is 0.159 e. The summed E-state index contributed by atoms with van der Waals surface area (Å²) in [6.45, 7) is 8.91. The molecule has 5 rings (SSSR count). The van der Waals surface area contributed by atoms with E-state index in [1.165, 1.54) is 17.7 Å². The molecule has 0 radical (unpaired) electrons. The molecule has 3 aromatic rings. The van der Waals surface area contributed by atoms with Crippen molar-refractivity contribution in [3.8, 4) is 11.1 Å². The number of hydrogen-bond donors (Lipinski definition) is 2. The van der Waals surface area contributed by atoms with Crippen molar-refractivity contribution in [1.29, 1.82) is 0 Å². The summed E-state index contributed by atoms with van der Waals surface area (Å²) >= 11 is 0. The first-order chi connectivity index (χ1) is 16.2. The van der Waals surface area contributed by atoms with Crippen molar-refractivity contribution in [1.82, 2.24) is 20.6 Å². The molecule has 2 N–H and O–H groups in total. The Labute approximate surface area is 193 Å². The van der Waals surface area contributed by atoms with E-state index in [2.05, 4.69) is 39.2 Å². The Kier molecular flexibility index (Phi) is 6.07. The number of halogens is 1. The highest BCUT2D eigenvalue weighted by Gasteiger charge is 2.45. The van der Waals surface area contributed by atoms with Gasteiger partial charge in [-0.15, -0.1) is 0 Å². The standard InChI is InChI=1S/C26H27FN6/c1-16-22(20-11-21(20)25-15-30-8-9-32-25)12-31-14-24(16)33-26(28-2)19-6-7-29-13-23(19)17-4-3-5-18(27)10-17/h3-7,10,12-14,20-21,25,30,32H,2,8-9,11,15H2,1H3. The summed E-state index contributed by atoms with van der Waals surface area (Å²) in [4.78, 5) is 17.8. The van der Waals surface area contributed by atoms with Crippen LogP contribution in [0.1, 0.15) is 29.0 Å². The predicted octanol–water partition coefficient (Wildman–Crippen LogP) is 4.03. The van der Waals surface area contributed by atoms with Gasteiger partial charge in [-0.05, 0) is 66.8 Å². The lowest BCUT2D eigenvalue weighted by Crippen LogP contribution is -2.49. The van der Waals surface area contributed by atoms with Gasteiger partial charge in [0, 0.05) is 55.4 Å². The monoisotopic (exact) mass is 442 g/mol. The highest BCUT2D eigenvalue weighted by atomic mass is 19.1. The van der Waals surface area contributed by atoms with Crippen molar-refractivity contribution in [2.24, 2.45) is 15.9 Å². The Morgan fingerprint density at radius 2 is 2.06 bits per heavy atom. The van der Waals surface area contributed by atoms with Gasteiger partial charge in [0.2, 0.25) is 0 Å². The molecule has 33 heavy (non-hydrogen) atoms. The first-order valence-electron chi connectivity index (χ1n) is 11.3. The van der Waals surface area contributed by atoms with E-state index in [1.807, 2.05) is 18.3 Å². The first-order valence-corrected chi connectivity index (χ1v) is 11.3. The fourth-order valence-electron chi connectivity index (χ4n) is 4.78. The van der Waals surface area contributed by atoms with E-state index in [-0.39, 0.29) is 5.82 Å². The molecule has 3 unspecified atom stereocenters. The molecule has 0 amide bonds. The van der Waals surface area contributed by atoms with Gasteiger partial charge in [-0.1, -0.05) is 12.1 Å². The molecule has 0 bridgehead atoms. The van der Waals surface area contributed by atoms with Crippen molar-refractivity contribution < 1.29 is 4.39 Å². The predicted molar refractivity (Wildman–Crippen MR) is 130 cm³/mol. The third-order valence-corrected chi connectivity index (χ3v) is 6.63. The number of nitrogens with zero attached hydrogens (tertiary/aromatic N) is 4. The highest BCUT2D eigenvalue weighted by molar-refractivity contribution is 6.07. The van der Waals surface area contributed by atoms with Crippen LogP contribution in [0, 0.1) is 18.7 Å². The summed E-state index contributed by atoms with van der Waals surface area (Å²) in [5.74, 6) is 1.27. The van der Waals surface area contributed by atoms with E-state index in [9.17, 15) is 4.39 Å². The van der Waals surface area contributed by atoms with Crippen LogP contribution < -0.4 is 10.6 Å². The van der Waals surface area contributed by atoms with Crippen molar-refractivity contribution in [2.75, 3.05) is 19.6 Å².